The Kier molecular flexibility index (Phi) is 5.27. The second-order valence-electron chi connectivity index (χ2n) is 4.24. The van der Waals surface area contributed by atoms with E-state index in [9.17, 15) is 4.79 Å². The predicted molar refractivity (Wildman–Crippen MR) is 78.3 cm³/mol. The number of thioether (sulfide) groups is 1. The summed E-state index contributed by atoms with van der Waals surface area (Å²) in [5.41, 5.74) is 2.10. The van der Waals surface area contributed by atoms with Crippen LogP contribution in [-0.4, -0.2) is 34.1 Å². The van der Waals surface area contributed by atoms with Crippen molar-refractivity contribution in [2.24, 2.45) is 0 Å². The lowest BCUT2D eigenvalue weighted by Gasteiger charge is -2.05. The molecule has 0 bridgehead atoms. The molecule has 2 aromatic rings. The van der Waals surface area contributed by atoms with Gasteiger partial charge in [-0.3, -0.25) is 4.79 Å². The normalized spacial score (nSPS) is 10.8. The summed E-state index contributed by atoms with van der Waals surface area (Å²) in [5.74, 6) is 0.746. The lowest BCUT2D eigenvalue weighted by molar-refractivity contribution is -0.143. The van der Waals surface area contributed by atoms with Crippen LogP contribution in [0, 0.1) is 0 Å². The molecule has 0 saturated carbocycles. The first-order valence-corrected chi connectivity index (χ1v) is 7.75. The average molecular weight is 278 g/mol. The predicted octanol–water partition coefficient (Wildman–Crippen LogP) is 2.72. The van der Waals surface area contributed by atoms with Crippen molar-refractivity contribution in [3.05, 3.63) is 30.6 Å². The molecule has 0 fully saturated rings. The van der Waals surface area contributed by atoms with Crippen molar-refractivity contribution in [3.63, 3.8) is 0 Å². The Labute approximate surface area is 117 Å². The van der Waals surface area contributed by atoms with Crippen LogP contribution in [0.4, 0.5) is 0 Å². The minimum Gasteiger partial charge on any atom is -0.465 e. The molecule has 0 atom stereocenters. The Morgan fingerprint density at radius 2 is 2.26 bits per heavy atom. The number of para-hydroxylation sites is 2. The van der Waals surface area contributed by atoms with Gasteiger partial charge in [-0.2, -0.15) is 11.8 Å². The molecule has 0 radical (unpaired) electrons. The highest BCUT2D eigenvalue weighted by Crippen LogP contribution is 2.12. The molecule has 0 saturated heterocycles. The smallest absolute Gasteiger partial charge is 0.305 e. The minimum atomic E-state index is -0.113. The van der Waals surface area contributed by atoms with Crippen LogP contribution in [0.5, 0.6) is 0 Å². The van der Waals surface area contributed by atoms with Gasteiger partial charge < -0.3 is 9.30 Å². The van der Waals surface area contributed by atoms with Crippen LogP contribution in [0.2, 0.25) is 0 Å². The molecule has 0 aliphatic carbocycles. The van der Waals surface area contributed by atoms with Gasteiger partial charge in [0, 0.05) is 18.7 Å². The molecule has 5 heteroatoms. The van der Waals surface area contributed by atoms with Crippen molar-refractivity contribution in [2.75, 3.05) is 18.6 Å². The van der Waals surface area contributed by atoms with E-state index in [1.807, 2.05) is 36.8 Å². The molecule has 0 amide bonds. The third kappa shape index (κ3) is 3.99. The molecule has 2 rings (SSSR count). The van der Waals surface area contributed by atoms with Crippen LogP contribution in [0.1, 0.15) is 12.8 Å². The number of fused-ring (bicyclic) bond motifs is 1. The SMILES string of the molecule is CSCCOC(=O)CCCn1cnc2ccccc21. The molecule has 0 aliphatic rings. The van der Waals surface area contributed by atoms with E-state index in [1.165, 1.54) is 0 Å². The Hall–Kier alpha value is -1.49. The lowest BCUT2D eigenvalue weighted by atomic mass is 10.3. The van der Waals surface area contributed by atoms with Crippen molar-refractivity contribution < 1.29 is 9.53 Å². The highest BCUT2D eigenvalue weighted by molar-refractivity contribution is 7.98. The number of carbonyl (C=O) groups excluding carboxylic acids is 1. The van der Waals surface area contributed by atoms with Gasteiger partial charge in [-0.15, -0.1) is 0 Å². The maximum Gasteiger partial charge on any atom is 0.305 e. The third-order valence-corrected chi connectivity index (χ3v) is 3.43. The number of hydrogen-bond acceptors (Lipinski definition) is 4. The third-order valence-electron chi connectivity index (χ3n) is 2.86. The van der Waals surface area contributed by atoms with Gasteiger partial charge in [0.2, 0.25) is 0 Å². The van der Waals surface area contributed by atoms with Gasteiger partial charge in [0.1, 0.15) is 6.61 Å². The molecule has 0 aliphatic heterocycles. The minimum absolute atomic E-state index is 0.113. The van der Waals surface area contributed by atoms with E-state index in [4.69, 9.17) is 4.74 Å². The summed E-state index contributed by atoms with van der Waals surface area (Å²) in [6.45, 7) is 1.30. The molecule has 102 valence electrons. The van der Waals surface area contributed by atoms with E-state index in [0.717, 1.165) is 29.8 Å². The topological polar surface area (TPSA) is 44.1 Å². The van der Waals surface area contributed by atoms with Gasteiger partial charge in [0.25, 0.3) is 0 Å². The number of carbonyl (C=O) groups is 1. The molecule has 1 aromatic heterocycles. The van der Waals surface area contributed by atoms with Crippen LogP contribution in [0.15, 0.2) is 30.6 Å². The van der Waals surface area contributed by atoms with Crippen LogP contribution >= 0.6 is 11.8 Å². The monoisotopic (exact) mass is 278 g/mol. The van der Waals surface area contributed by atoms with Gasteiger partial charge in [-0.05, 0) is 24.8 Å². The van der Waals surface area contributed by atoms with Crippen LogP contribution in [0.25, 0.3) is 11.0 Å². The molecule has 0 spiro atoms. The number of aryl methyl sites for hydroxylation is 1. The molecular formula is C14H18N2O2S. The molecular weight excluding hydrogens is 260 g/mol. The zero-order valence-corrected chi connectivity index (χ0v) is 11.9. The fourth-order valence-corrected chi connectivity index (χ4v) is 2.14. The Morgan fingerprint density at radius 1 is 1.42 bits per heavy atom. The number of hydrogen-bond donors (Lipinski definition) is 0. The fraction of sp³-hybridized carbons (Fsp3) is 0.429. The van der Waals surface area contributed by atoms with Crippen molar-refractivity contribution in [3.8, 4) is 0 Å². The number of ether oxygens (including phenoxy) is 1. The number of imidazole rings is 1. The van der Waals surface area contributed by atoms with E-state index < -0.39 is 0 Å². The molecule has 0 N–H and O–H groups in total. The standard InChI is InChI=1S/C14H18N2O2S/c1-19-10-9-18-14(17)7-4-8-16-11-15-12-5-2-3-6-13(12)16/h2-3,5-6,11H,4,7-10H2,1H3. The highest BCUT2D eigenvalue weighted by Gasteiger charge is 2.04. The number of esters is 1. The summed E-state index contributed by atoms with van der Waals surface area (Å²) in [5, 5.41) is 0. The van der Waals surface area contributed by atoms with Crippen molar-refractivity contribution >= 4 is 28.8 Å². The largest absolute Gasteiger partial charge is 0.465 e. The van der Waals surface area contributed by atoms with Crippen molar-refractivity contribution in [2.45, 2.75) is 19.4 Å². The van der Waals surface area contributed by atoms with E-state index in [1.54, 1.807) is 11.8 Å². The summed E-state index contributed by atoms with van der Waals surface area (Å²) >= 11 is 1.68. The zero-order chi connectivity index (χ0) is 13.5. The maximum absolute atomic E-state index is 11.5. The number of benzene rings is 1. The quantitative estimate of drug-likeness (QED) is 0.577. The molecule has 19 heavy (non-hydrogen) atoms. The number of nitrogens with zero attached hydrogens (tertiary/aromatic N) is 2. The zero-order valence-electron chi connectivity index (χ0n) is 11.0. The Bertz CT molecular complexity index is 539. The maximum atomic E-state index is 11.5. The summed E-state index contributed by atoms with van der Waals surface area (Å²) in [4.78, 5) is 15.8. The average Bonchev–Trinajstić information content (AvgIpc) is 2.83. The number of rotatable bonds is 7. The van der Waals surface area contributed by atoms with Crippen LogP contribution in [-0.2, 0) is 16.1 Å². The second kappa shape index (κ2) is 7.19. The number of aromatic nitrogens is 2. The van der Waals surface area contributed by atoms with Gasteiger partial charge >= 0.3 is 5.97 Å². The lowest BCUT2D eigenvalue weighted by Crippen LogP contribution is -2.08. The van der Waals surface area contributed by atoms with E-state index in [-0.39, 0.29) is 5.97 Å². The van der Waals surface area contributed by atoms with Gasteiger partial charge in [-0.25, -0.2) is 4.98 Å². The summed E-state index contributed by atoms with van der Waals surface area (Å²) in [6, 6.07) is 8.00. The van der Waals surface area contributed by atoms with Crippen LogP contribution < -0.4 is 0 Å². The van der Waals surface area contributed by atoms with Gasteiger partial charge in [-0.1, -0.05) is 12.1 Å². The first-order chi connectivity index (χ1) is 9.31. The molecule has 4 nitrogen and oxygen atoms in total. The second-order valence-corrected chi connectivity index (χ2v) is 5.23. The molecule has 0 unspecified atom stereocenters. The van der Waals surface area contributed by atoms with E-state index in [0.29, 0.717) is 13.0 Å². The van der Waals surface area contributed by atoms with Gasteiger partial charge in [0.15, 0.2) is 0 Å². The van der Waals surface area contributed by atoms with E-state index >= 15 is 0 Å². The van der Waals surface area contributed by atoms with Crippen LogP contribution in [0.3, 0.4) is 0 Å². The first kappa shape index (κ1) is 13.9. The fourth-order valence-electron chi connectivity index (χ4n) is 1.89. The van der Waals surface area contributed by atoms with E-state index in [2.05, 4.69) is 9.55 Å². The summed E-state index contributed by atoms with van der Waals surface area (Å²) < 4.78 is 7.18. The Balaban J connectivity index is 1.78. The molecule has 1 aromatic carbocycles. The Morgan fingerprint density at radius 3 is 3.11 bits per heavy atom. The first-order valence-electron chi connectivity index (χ1n) is 6.35. The summed E-state index contributed by atoms with van der Waals surface area (Å²) in [6.07, 6.45) is 5.06. The summed E-state index contributed by atoms with van der Waals surface area (Å²) in [7, 11) is 0. The molecule has 1 heterocycles. The van der Waals surface area contributed by atoms with Crippen molar-refractivity contribution in [1.82, 2.24) is 9.55 Å². The van der Waals surface area contributed by atoms with Crippen molar-refractivity contribution in [1.29, 1.82) is 0 Å². The highest BCUT2D eigenvalue weighted by atomic mass is 32.2. The van der Waals surface area contributed by atoms with Gasteiger partial charge in [0.05, 0.1) is 17.4 Å².